The third-order valence-corrected chi connectivity index (χ3v) is 5.81. The van der Waals surface area contributed by atoms with Crippen molar-refractivity contribution in [2.45, 2.75) is 30.6 Å². The van der Waals surface area contributed by atoms with Crippen LogP contribution in [0.25, 0.3) is 0 Å². The molecule has 0 saturated carbocycles. The van der Waals surface area contributed by atoms with Crippen molar-refractivity contribution in [1.82, 2.24) is 5.32 Å². The van der Waals surface area contributed by atoms with E-state index in [0.29, 0.717) is 17.9 Å². The number of carbonyl (C=O) groups excluding carboxylic acids is 1. The molecule has 0 saturated heterocycles. The summed E-state index contributed by atoms with van der Waals surface area (Å²) in [7, 11) is -3.66. The third kappa shape index (κ3) is 4.89. The van der Waals surface area contributed by atoms with E-state index in [4.69, 9.17) is 0 Å². The molecule has 2 amide bonds. The standard InChI is InChI=1S/C20H23N3O3S/c1-2-13-21-20(24)22-17-8-10-18(11-9-17)23-27(25,26)19-12-7-15-5-3-4-6-16(15)14-19/h2,7-12,14,23H,1,3-6,13H2,(H2,21,22,24). The Hall–Kier alpha value is -2.80. The zero-order chi connectivity index (χ0) is 19.3. The minimum absolute atomic E-state index is 0.272. The maximum Gasteiger partial charge on any atom is 0.319 e. The van der Waals surface area contributed by atoms with Gasteiger partial charge < -0.3 is 10.6 Å². The van der Waals surface area contributed by atoms with E-state index in [1.54, 1.807) is 42.5 Å². The Morgan fingerprint density at radius 2 is 1.67 bits per heavy atom. The summed E-state index contributed by atoms with van der Waals surface area (Å²) >= 11 is 0. The van der Waals surface area contributed by atoms with Crippen LogP contribution in [0.2, 0.25) is 0 Å². The summed E-state index contributed by atoms with van der Waals surface area (Å²) in [6.45, 7) is 3.89. The smallest absolute Gasteiger partial charge is 0.319 e. The Bertz CT molecular complexity index is 937. The summed E-state index contributed by atoms with van der Waals surface area (Å²) in [4.78, 5) is 11.9. The SMILES string of the molecule is C=CCNC(=O)Nc1ccc(NS(=O)(=O)c2ccc3c(c2)CCCC3)cc1. The van der Waals surface area contributed by atoms with Gasteiger partial charge in [-0.2, -0.15) is 0 Å². The first-order valence-electron chi connectivity index (χ1n) is 8.88. The van der Waals surface area contributed by atoms with Crippen LogP contribution in [0.15, 0.2) is 60.0 Å². The van der Waals surface area contributed by atoms with Crippen LogP contribution in [0.1, 0.15) is 24.0 Å². The van der Waals surface area contributed by atoms with Crippen molar-refractivity contribution < 1.29 is 13.2 Å². The van der Waals surface area contributed by atoms with Crippen molar-refractivity contribution in [3.63, 3.8) is 0 Å². The van der Waals surface area contributed by atoms with E-state index >= 15 is 0 Å². The second-order valence-corrected chi connectivity index (χ2v) is 8.13. The van der Waals surface area contributed by atoms with Gasteiger partial charge in [0.15, 0.2) is 0 Å². The number of fused-ring (bicyclic) bond motifs is 1. The molecule has 1 aliphatic carbocycles. The molecule has 27 heavy (non-hydrogen) atoms. The van der Waals surface area contributed by atoms with Crippen molar-refractivity contribution in [2.75, 3.05) is 16.6 Å². The van der Waals surface area contributed by atoms with Gasteiger partial charge in [-0.25, -0.2) is 13.2 Å². The second-order valence-electron chi connectivity index (χ2n) is 6.44. The van der Waals surface area contributed by atoms with E-state index < -0.39 is 10.0 Å². The molecule has 0 fully saturated rings. The fraction of sp³-hybridized carbons (Fsp3) is 0.250. The van der Waals surface area contributed by atoms with Gasteiger partial charge in [0.1, 0.15) is 0 Å². The number of carbonyl (C=O) groups is 1. The van der Waals surface area contributed by atoms with Crippen molar-refractivity contribution in [3.8, 4) is 0 Å². The average Bonchev–Trinajstić information content (AvgIpc) is 2.67. The number of aryl methyl sites for hydroxylation is 2. The van der Waals surface area contributed by atoms with Crippen LogP contribution in [-0.4, -0.2) is 21.0 Å². The maximum atomic E-state index is 12.7. The summed E-state index contributed by atoms with van der Waals surface area (Å²) in [6.07, 6.45) is 5.77. The molecule has 0 atom stereocenters. The molecule has 6 nitrogen and oxygen atoms in total. The molecule has 3 rings (SSSR count). The van der Waals surface area contributed by atoms with Crippen LogP contribution >= 0.6 is 0 Å². The molecule has 0 spiro atoms. The molecule has 0 unspecified atom stereocenters. The van der Waals surface area contributed by atoms with Crippen LogP contribution in [0, 0.1) is 0 Å². The Labute approximate surface area is 159 Å². The number of nitrogens with one attached hydrogen (secondary N) is 3. The largest absolute Gasteiger partial charge is 0.334 e. The summed E-state index contributed by atoms with van der Waals surface area (Å²) in [5.74, 6) is 0. The number of anilines is 2. The predicted octanol–water partition coefficient (Wildman–Crippen LogP) is 3.67. The summed E-state index contributed by atoms with van der Waals surface area (Å²) in [5.41, 5.74) is 3.36. The first-order valence-corrected chi connectivity index (χ1v) is 10.4. The number of hydrogen-bond donors (Lipinski definition) is 3. The highest BCUT2D eigenvalue weighted by atomic mass is 32.2. The second kappa shape index (κ2) is 8.26. The molecule has 142 valence electrons. The van der Waals surface area contributed by atoms with Crippen LogP contribution in [0.4, 0.5) is 16.2 Å². The highest BCUT2D eigenvalue weighted by Gasteiger charge is 2.18. The Balaban J connectivity index is 1.69. The molecule has 7 heteroatoms. The molecule has 2 aromatic carbocycles. The molecular weight excluding hydrogens is 362 g/mol. The van der Waals surface area contributed by atoms with Crippen molar-refractivity contribution in [3.05, 3.63) is 66.2 Å². The highest BCUT2D eigenvalue weighted by Crippen LogP contribution is 2.25. The van der Waals surface area contributed by atoms with Gasteiger partial charge in [-0.1, -0.05) is 12.1 Å². The molecule has 0 bridgehead atoms. The first-order chi connectivity index (χ1) is 13.0. The van der Waals surface area contributed by atoms with Gasteiger partial charge >= 0.3 is 6.03 Å². The van der Waals surface area contributed by atoms with E-state index in [2.05, 4.69) is 21.9 Å². The van der Waals surface area contributed by atoms with Crippen LogP contribution in [0.5, 0.6) is 0 Å². The van der Waals surface area contributed by atoms with Crippen LogP contribution in [-0.2, 0) is 22.9 Å². The number of urea groups is 1. The number of amides is 2. The normalized spacial score (nSPS) is 13.3. The van der Waals surface area contributed by atoms with E-state index in [-0.39, 0.29) is 10.9 Å². The lowest BCUT2D eigenvalue weighted by atomic mass is 9.92. The van der Waals surface area contributed by atoms with E-state index in [1.807, 2.05) is 6.07 Å². The topological polar surface area (TPSA) is 87.3 Å². The summed E-state index contributed by atoms with van der Waals surface area (Å²) in [5, 5.41) is 5.26. The lowest BCUT2D eigenvalue weighted by molar-refractivity contribution is 0.253. The summed E-state index contributed by atoms with van der Waals surface area (Å²) < 4.78 is 27.9. The van der Waals surface area contributed by atoms with Gasteiger partial charge in [0.25, 0.3) is 10.0 Å². The fourth-order valence-electron chi connectivity index (χ4n) is 3.05. The highest BCUT2D eigenvalue weighted by molar-refractivity contribution is 7.92. The molecule has 1 aliphatic rings. The van der Waals surface area contributed by atoms with Gasteiger partial charge in [-0.05, 0) is 73.2 Å². The van der Waals surface area contributed by atoms with Gasteiger partial charge in [-0.15, -0.1) is 6.58 Å². The summed E-state index contributed by atoms with van der Waals surface area (Å²) in [6, 6.07) is 11.5. The maximum absolute atomic E-state index is 12.7. The minimum Gasteiger partial charge on any atom is -0.334 e. The average molecular weight is 385 g/mol. The lowest BCUT2D eigenvalue weighted by Crippen LogP contribution is -2.28. The van der Waals surface area contributed by atoms with Gasteiger partial charge in [0, 0.05) is 17.9 Å². The monoisotopic (exact) mass is 385 g/mol. The number of benzene rings is 2. The Morgan fingerprint density at radius 3 is 2.37 bits per heavy atom. The van der Waals surface area contributed by atoms with Gasteiger partial charge in [-0.3, -0.25) is 4.72 Å². The zero-order valence-electron chi connectivity index (χ0n) is 15.0. The number of sulfonamides is 1. The zero-order valence-corrected chi connectivity index (χ0v) is 15.8. The predicted molar refractivity (Wildman–Crippen MR) is 108 cm³/mol. The fourth-order valence-corrected chi connectivity index (χ4v) is 4.16. The molecule has 2 aromatic rings. The van der Waals surface area contributed by atoms with E-state index in [0.717, 1.165) is 31.2 Å². The van der Waals surface area contributed by atoms with Crippen LogP contribution < -0.4 is 15.4 Å². The lowest BCUT2D eigenvalue weighted by Gasteiger charge is -2.17. The van der Waals surface area contributed by atoms with Crippen molar-refractivity contribution in [1.29, 1.82) is 0 Å². The molecular formula is C20H23N3O3S. The van der Waals surface area contributed by atoms with E-state index in [1.165, 1.54) is 5.56 Å². The molecule has 3 N–H and O–H groups in total. The number of rotatable bonds is 6. The minimum atomic E-state index is -3.66. The quantitative estimate of drug-likeness (QED) is 0.663. The van der Waals surface area contributed by atoms with Crippen molar-refractivity contribution in [2.24, 2.45) is 0 Å². The first kappa shape index (κ1) is 19.0. The van der Waals surface area contributed by atoms with Crippen molar-refractivity contribution >= 4 is 27.4 Å². The third-order valence-electron chi connectivity index (χ3n) is 4.43. The number of hydrogen-bond acceptors (Lipinski definition) is 3. The van der Waals surface area contributed by atoms with E-state index in [9.17, 15) is 13.2 Å². The molecule has 0 radical (unpaired) electrons. The Morgan fingerprint density at radius 1 is 1.00 bits per heavy atom. The van der Waals surface area contributed by atoms with Gasteiger partial charge in [0.05, 0.1) is 4.90 Å². The molecule has 0 aromatic heterocycles. The molecule has 0 aliphatic heterocycles. The molecule has 0 heterocycles. The van der Waals surface area contributed by atoms with Crippen LogP contribution in [0.3, 0.4) is 0 Å². The Kier molecular flexibility index (Phi) is 5.81. The van der Waals surface area contributed by atoms with Gasteiger partial charge in [0.2, 0.25) is 0 Å².